The van der Waals surface area contributed by atoms with Crippen molar-refractivity contribution in [3.63, 3.8) is 0 Å². The molecule has 0 radical (unpaired) electrons. The largest absolute Gasteiger partial charge is 0.422 e. The monoisotopic (exact) mass is 416 g/mol. The predicted octanol–water partition coefficient (Wildman–Crippen LogP) is 4.68. The van der Waals surface area contributed by atoms with Crippen molar-refractivity contribution in [2.24, 2.45) is 0 Å². The van der Waals surface area contributed by atoms with Crippen molar-refractivity contribution in [3.8, 4) is 0 Å². The lowest BCUT2D eigenvalue weighted by atomic mass is 10.1. The van der Waals surface area contributed by atoms with Crippen molar-refractivity contribution < 1.29 is 14.0 Å². The molecule has 0 aliphatic heterocycles. The number of hydrogen-bond donors (Lipinski definition) is 0. The average molecular weight is 417 g/mol. The fraction of sp³-hybridized carbons (Fsp3) is 0.0435. The molecule has 5 rings (SSSR count). The number of para-hydroxylation sites is 1. The molecular weight excluding hydrogens is 404 g/mol. The molecule has 0 amide bonds. The number of aromatic nitrogens is 2. The third kappa shape index (κ3) is 2.73. The lowest BCUT2D eigenvalue weighted by molar-refractivity contribution is 0.101. The SMILES string of the molecule is CC(=O)c1cc(C(=O)c2cc3ccccc3oc2=O)n2cnc3cc(Cl)ccc3c12. The van der Waals surface area contributed by atoms with Gasteiger partial charge < -0.3 is 4.42 Å². The van der Waals surface area contributed by atoms with E-state index < -0.39 is 11.4 Å². The van der Waals surface area contributed by atoms with E-state index in [4.69, 9.17) is 16.0 Å². The molecule has 0 spiro atoms. The van der Waals surface area contributed by atoms with Crippen molar-refractivity contribution in [2.45, 2.75) is 6.92 Å². The lowest BCUT2D eigenvalue weighted by Crippen LogP contribution is -2.16. The zero-order chi connectivity index (χ0) is 21.0. The summed E-state index contributed by atoms with van der Waals surface area (Å²) in [6.07, 6.45) is 1.45. The van der Waals surface area contributed by atoms with Crippen LogP contribution in [0.25, 0.3) is 27.4 Å². The molecular formula is C23H13ClN2O4. The third-order valence-electron chi connectivity index (χ3n) is 5.06. The summed E-state index contributed by atoms with van der Waals surface area (Å²) in [7, 11) is 0. The Labute approximate surface area is 174 Å². The highest BCUT2D eigenvalue weighted by atomic mass is 35.5. The van der Waals surface area contributed by atoms with Crippen LogP contribution in [0.1, 0.15) is 33.3 Å². The van der Waals surface area contributed by atoms with Crippen LogP contribution < -0.4 is 5.63 Å². The number of hydrogen-bond acceptors (Lipinski definition) is 5. The molecule has 0 bridgehead atoms. The van der Waals surface area contributed by atoms with Gasteiger partial charge >= 0.3 is 5.63 Å². The van der Waals surface area contributed by atoms with Crippen LogP contribution in [0.4, 0.5) is 0 Å². The number of carbonyl (C=O) groups is 2. The minimum absolute atomic E-state index is 0.112. The number of benzene rings is 2. The van der Waals surface area contributed by atoms with Crippen LogP contribution in [-0.2, 0) is 0 Å². The summed E-state index contributed by atoms with van der Waals surface area (Å²) >= 11 is 6.06. The number of fused-ring (bicyclic) bond motifs is 4. The minimum atomic E-state index is -0.737. The Kier molecular flexibility index (Phi) is 4.04. The zero-order valence-electron chi connectivity index (χ0n) is 15.7. The first kappa shape index (κ1) is 18.3. The normalized spacial score (nSPS) is 11.4. The first-order valence-electron chi connectivity index (χ1n) is 9.12. The fourth-order valence-corrected chi connectivity index (χ4v) is 3.82. The van der Waals surface area contributed by atoms with Gasteiger partial charge in [0.05, 0.1) is 16.7 Å². The van der Waals surface area contributed by atoms with Gasteiger partial charge in [-0.25, -0.2) is 9.78 Å². The Hall–Kier alpha value is -3.77. The summed E-state index contributed by atoms with van der Waals surface area (Å²) in [6, 6.07) is 15.1. The van der Waals surface area contributed by atoms with Gasteiger partial charge in [0.25, 0.3) is 0 Å². The van der Waals surface area contributed by atoms with E-state index >= 15 is 0 Å². The second-order valence-corrected chi connectivity index (χ2v) is 7.38. The molecule has 0 saturated carbocycles. The number of Topliss-reactive ketones (excluding diaryl/α,β-unsaturated/α-hetero) is 1. The van der Waals surface area contributed by atoms with Gasteiger partial charge in [-0.1, -0.05) is 29.8 Å². The maximum atomic E-state index is 13.3. The van der Waals surface area contributed by atoms with Gasteiger partial charge in [-0.3, -0.25) is 14.0 Å². The smallest absolute Gasteiger partial charge is 0.347 e. The van der Waals surface area contributed by atoms with E-state index in [2.05, 4.69) is 4.98 Å². The summed E-state index contributed by atoms with van der Waals surface area (Å²) in [6.45, 7) is 1.43. The molecule has 0 atom stereocenters. The Bertz CT molecular complexity index is 1580. The lowest BCUT2D eigenvalue weighted by Gasteiger charge is -2.06. The number of rotatable bonds is 3. The molecule has 5 aromatic rings. The first-order chi connectivity index (χ1) is 14.4. The van der Waals surface area contributed by atoms with Gasteiger partial charge in [0.1, 0.15) is 17.5 Å². The van der Waals surface area contributed by atoms with E-state index in [1.165, 1.54) is 29.8 Å². The Balaban J connectivity index is 1.80. The third-order valence-corrected chi connectivity index (χ3v) is 5.30. The highest BCUT2D eigenvalue weighted by Crippen LogP contribution is 2.28. The van der Waals surface area contributed by atoms with Crippen LogP contribution in [-0.4, -0.2) is 21.0 Å². The molecule has 0 aliphatic carbocycles. The summed E-state index contributed by atoms with van der Waals surface area (Å²) in [5.41, 5.74) is 1.20. The van der Waals surface area contributed by atoms with Crippen molar-refractivity contribution in [2.75, 3.05) is 0 Å². The standard InChI is InChI=1S/C23H13ClN2O4/c1-12(27)16-10-19(26-11-25-18-9-14(24)6-7-15(18)21(16)26)22(28)17-8-13-4-2-3-5-20(13)30-23(17)29/h2-11H,1H3. The maximum Gasteiger partial charge on any atom is 0.347 e. The molecule has 0 fully saturated rings. The second kappa shape index (κ2) is 6.64. The van der Waals surface area contributed by atoms with E-state index in [9.17, 15) is 14.4 Å². The summed E-state index contributed by atoms with van der Waals surface area (Å²) in [5.74, 6) is -0.758. The van der Waals surface area contributed by atoms with E-state index in [-0.39, 0.29) is 17.0 Å². The second-order valence-electron chi connectivity index (χ2n) is 6.94. The fourth-order valence-electron chi connectivity index (χ4n) is 3.65. The van der Waals surface area contributed by atoms with E-state index in [1.54, 1.807) is 42.5 Å². The molecule has 0 aliphatic rings. The van der Waals surface area contributed by atoms with Gasteiger partial charge in [-0.05, 0) is 43.3 Å². The number of carbonyl (C=O) groups excluding carboxylic acids is 2. The molecule has 146 valence electrons. The maximum absolute atomic E-state index is 13.3. The van der Waals surface area contributed by atoms with Gasteiger partial charge in [-0.15, -0.1) is 0 Å². The number of ketones is 2. The highest BCUT2D eigenvalue weighted by molar-refractivity contribution is 6.31. The molecule has 3 aromatic heterocycles. The van der Waals surface area contributed by atoms with E-state index in [0.29, 0.717) is 38.0 Å². The summed E-state index contributed by atoms with van der Waals surface area (Å²) in [4.78, 5) is 42.5. The Morgan fingerprint density at radius 1 is 1.03 bits per heavy atom. The molecule has 0 unspecified atom stereocenters. The number of nitrogens with zero attached hydrogens (tertiary/aromatic N) is 2. The first-order valence-corrected chi connectivity index (χ1v) is 9.49. The van der Waals surface area contributed by atoms with Crippen LogP contribution in [0.2, 0.25) is 5.02 Å². The van der Waals surface area contributed by atoms with Gasteiger partial charge in [0.2, 0.25) is 5.78 Å². The molecule has 0 N–H and O–H groups in total. The molecule has 30 heavy (non-hydrogen) atoms. The molecule has 0 saturated heterocycles. The van der Waals surface area contributed by atoms with Gasteiger partial charge in [0.15, 0.2) is 5.78 Å². The summed E-state index contributed by atoms with van der Waals surface area (Å²) < 4.78 is 6.83. The van der Waals surface area contributed by atoms with Gasteiger partial charge in [-0.2, -0.15) is 0 Å². The molecule has 3 heterocycles. The van der Waals surface area contributed by atoms with Crippen LogP contribution in [0.3, 0.4) is 0 Å². The number of halogens is 1. The van der Waals surface area contributed by atoms with Crippen molar-refractivity contribution in [1.29, 1.82) is 0 Å². The van der Waals surface area contributed by atoms with E-state index in [0.717, 1.165) is 0 Å². The minimum Gasteiger partial charge on any atom is -0.422 e. The van der Waals surface area contributed by atoms with Crippen molar-refractivity contribution in [3.05, 3.63) is 93.2 Å². The van der Waals surface area contributed by atoms with Crippen molar-refractivity contribution in [1.82, 2.24) is 9.38 Å². The quantitative estimate of drug-likeness (QED) is 0.315. The topological polar surface area (TPSA) is 81.6 Å². The molecule has 7 heteroatoms. The highest BCUT2D eigenvalue weighted by Gasteiger charge is 2.23. The van der Waals surface area contributed by atoms with Crippen molar-refractivity contribution >= 4 is 50.6 Å². The van der Waals surface area contributed by atoms with Crippen LogP contribution in [0.15, 0.2) is 70.1 Å². The van der Waals surface area contributed by atoms with Crippen LogP contribution in [0.5, 0.6) is 0 Å². The van der Waals surface area contributed by atoms with Gasteiger partial charge in [0, 0.05) is 21.4 Å². The molecule has 2 aromatic carbocycles. The molecule has 6 nitrogen and oxygen atoms in total. The summed E-state index contributed by atoms with van der Waals surface area (Å²) in [5, 5.41) is 1.82. The van der Waals surface area contributed by atoms with Crippen LogP contribution >= 0.6 is 11.6 Å². The zero-order valence-corrected chi connectivity index (χ0v) is 16.4. The van der Waals surface area contributed by atoms with E-state index in [1.807, 2.05) is 0 Å². The average Bonchev–Trinajstić information content (AvgIpc) is 3.13. The Morgan fingerprint density at radius 3 is 2.63 bits per heavy atom. The Morgan fingerprint density at radius 2 is 1.83 bits per heavy atom. The van der Waals surface area contributed by atoms with Crippen LogP contribution in [0, 0.1) is 0 Å². The predicted molar refractivity (Wildman–Crippen MR) is 114 cm³/mol.